The minimum Gasteiger partial charge on any atom is -0.331 e. The minimum atomic E-state index is -0.192. The van der Waals surface area contributed by atoms with E-state index in [2.05, 4.69) is 22.2 Å². The third-order valence-corrected chi connectivity index (χ3v) is 3.70. The number of rotatable bonds is 6. The Labute approximate surface area is 147 Å². The van der Waals surface area contributed by atoms with Crippen LogP contribution in [0.5, 0.6) is 0 Å². The fourth-order valence-corrected chi connectivity index (χ4v) is 2.22. The van der Waals surface area contributed by atoms with E-state index in [1.165, 1.54) is 0 Å². The van der Waals surface area contributed by atoms with Crippen LogP contribution in [0.15, 0.2) is 61.4 Å². The van der Waals surface area contributed by atoms with Crippen molar-refractivity contribution in [1.82, 2.24) is 15.2 Å². The summed E-state index contributed by atoms with van der Waals surface area (Å²) in [6, 6.07) is 10.4. The highest BCUT2D eigenvalue weighted by Crippen LogP contribution is 2.17. The molecule has 6 heteroatoms. The summed E-state index contributed by atoms with van der Waals surface area (Å²) in [6.45, 7) is 6.01. The van der Waals surface area contributed by atoms with Crippen molar-refractivity contribution in [2.45, 2.75) is 13.0 Å². The molecule has 1 atom stereocenters. The molecule has 0 aliphatic rings. The summed E-state index contributed by atoms with van der Waals surface area (Å²) in [6.07, 6.45) is 4.82. The van der Waals surface area contributed by atoms with Gasteiger partial charge in [-0.2, -0.15) is 0 Å². The summed E-state index contributed by atoms with van der Waals surface area (Å²) in [5.74, 6) is -0.192. The predicted molar refractivity (Wildman–Crippen MR) is 98.4 cm³/mol. The van der Waals surface area contributed by atoms with Crippen molar-refractivity contribution in [3.63, 3.8) is 0 Å². The van der Waals surface area contributed by atoms with Gasteiger partial charge in [0.1, 0.15) is 0 Å². The molecule has 0 aliphatic carbocycles. The van der Waals surface area contributed by atoms with Crippen LogP contribution in [0.3, 0.4) is 0 Å². The van der Waals surface area contributed by atoms with Crippen molar-refractivity contribution < 1.29 is 9.59 Å². The number of carbonyl (C=O) groups excluding carboxylic acids is 2. The van der Waals surface area contributed by atoms with Crippen molar-refractivity contribution in [3.8, 4) is 0 Å². The second-order valence-electron chi connectivity index (χ2n) is 5.65. The summed E-state index contributed by atoms with van der Waals surface area (Å²) >= 11 is 0. The lowest BCUT2D eigenvalue weighted by Crippen LogP contribution is -2.38. The van der Waals surface area contributed by atoms with Crippen LogP contribution in [0.1, 0.15) is 28.9 Å². The van der Waals surface area contributed by atoms with Gasteiger partial charge in [-0.3, -0.25) is 9.78 Å². The standard InChI is InChI=1S/C19H22N4O2/c1-4-13-23(3)19(25)21-14(2)15-5-7-17(8-6-15)22-18(24)16-9-11-20-12-10-16/h4-12,14H,1,13H2,2-3H3,(H,21,25)(H,22,24). The molecule has 0 spiro atoms. The molecule has 1 unspecified atom stereocenters. The number of benzene rings is 1. The zero-order valence-corrected chi connectivity index (χ0v) is 14.4. The van der Waals surface area contributed by atoms with Crippen molar-refractivity contribution in [2.75, 3.05) is 18.9 Å². The lowest BCUT2D eigenvalue weighted by atomic mass is 10.1. The van der Waals surface area contributed by atoms with Crippen LogP contribution in [0.25, 0.3) is 0 Å². The van der Waals surface area contributed by atoms with Gasteiger partial charge in [0.15, 0.2) is 0 Å². The fourth-order valence-electron chi connectivity index (χ4n) is 2.22. The van der Waals surface area contributed by atoms with Crippen molar-refractivity contribution >= 4 is 17.6 Å². The van der Waals surface area contributed by atoms with E-state index in [4.69, 9.17) is 0 Å². The number of hydrogen-bond donors (Lipinski definition) is 2. The van der Waals surface area contributed by atoms with E-state index in [9.17, 15) is 9.59 Å². The van der Waals surface area contributed by atoms with E-state index in [0.29, 0.717) is 17.8 Å². The number of nitrogens with one attached hydrogen (secondary N) is 2. The highest BCUT2D eigenvalue weighted by molar-refractivity contribution is 6.04. The molecule has 0 aliphatic heterocycles. The Bertz CT molecular complexity index is 729. The Hall–Kier alpha value is -3.15. The number of aromatic nitrogens is 1. The lowest BCUT2D eigenvalue weighted by Gasteiger charge is -2.20. The van der Waals surface area contributed by atoms with Gasteiger partial charge in [-0.25, -0.2) is 4.79 Å². The van der Waals surface area contributed by atoms with Gasteiger partial charge in [0.2, 0.25) is 0 Å². The van der Waals surface area contributed by atoms with Crippen LogP contribution < -0.4 is 10.6 Å². The number of carbonyl (C=O) groups is 2. The number of anilines is 1. The van der Waals surface area contributed by atoms with Crippen LogP contribution in [0.4, 0.5) is 10.5 Å². The molecule has 1 heterocycles. The van der Waals surface area contributed by atoms with E-state index in [-0.39, 0.29) is 18.0 Å². The Morgan fingerprint density at radius 2 is 1.84 bits per heavy atom. The van der Waals surface area contributed by atoms with Crippen molar-refractivity contribution in [3.05, 3.63) is 72.6 Å². The average molecular weight is 338 g/mol. The number of hydrogen-bond acceptors (Lipinski definition) is 3. The number of likely N-dealkylation sites (N-methyl/N-ethyl adjacent to an activating group) is 1. The van der Waals surface area contributed by atoms with Crippen molar-refractivity contribution in [1.29, 1.82) is 0 Å². The first-order valence-electron chi connectivity index (χ1n) is 7.95. The largest absolute Gasteiger partial charge is 0.331 e. The molecule has 25 heavy (non-hydrogen) atoms. The molecule has 130 valence electrons. The molecule has 0 saturated heterocycles. The van der Waals surface area contributed by atoms with Gasteiger partial charge >= 0.3 is 6.03 Å². The topological polar surface area (TPSA) is 74.3 Å². The van der Waals surface area contributed by atoms with E-state index in [1.807, 2.05) is 31.2 Å². The van der Waals surface area contributed by atoms with Crippen LogP contribution in [-0.4, -0.2) is 35.4 Å². The zero-order valence-electron chi connectivity index (χ0n) is 14.4. The van der Waals surface area contributed by atoms with Gasteiger partial charge in [0, 0.05) is 37.2 Å². The highest BCUT2D eigenvalue weighted by Gasteiger charge is 2.12. The van der Waals surface area contributed by atoms with Crippen LogP contribution in [0, 0.1) is 0 Å². The third kappa shape index (κ3) is 5.17. The Kier molecular flexibility index (Phi) is 6.28. The van der Waals surface area contributed by atoms with Gasteiger partial charge < -0.3 is 15.5 Å². The summed E-state index contributed by atoms with van der Waals surface area (Å²) < 4.78 is 0. The van der Waals surface area contributed by atoms with E-state index in [1.54, 1.807) is 42.6 Å². The highest BCUT2D eigenvalue weighted by atomic mass is 16.2. The third-order valence-electron chi connectivity index (χ3n) is 3.70. The summed E-state index contributed by atoms with van der Waals surface area (Å²) in [4.78, 5) is 29.5. The molecular formula is C19H22N4O2. The normalized spacial score (nSPS) is 11.3. The fraction of sp³-hybridized carbons (Fsp3) is 0.211. The van der Waals surface area contributed by atoms with Crippen LogP contribution in [-0.2, 0) is 0 Å². The van der Waals surface area contributed by atoms with Gasteiger partial charge in [0.25, 0.3) is 5.91 Å². The molecule has 2 rings (SSSR count). The molecule has 0 bridgehead atoms. The first-order chi connectivity index (χ1) is 12.0. The molecule has 3 amide bonds. The van der Waals surface area contributed by atoms with Gasteiger partial charge in [-0.05, 0) is 36.8 Å². The second kappa shape index (κ2) is 8.63. The smallest absolute Gasteiger partial charge is 0.317 e. The van der Waals surface area contributed by atoms with Crippen LogP contribution in [0.2, 0.25) is 0 Å². The Balaban J connectivity index is 1.96. The Morgan fingerprint density at radius 1 is 1.20 bits per heavy atom. The number of amides is 3. The molecule has 1 aromatic carbocycles. The molecular weight excluding hydrogens is 316 g/mol. The number of nitrogens with zero attached hydrogens (tertiary/aromatic N) is 2. The minimum absolute atomic E-state index is 0.148. The summed E-state index contributed by atoms with van der Waals surface area (Å²) in [5, 5.41) is 5.74. The quantitative estimate of drug-likeness (QED) is 0.794. The summed E-state index contributed by atoms with van der Waals surface area (Å²) in [7, 11) is 1.71. The average Bonchev–Trinajstić information content (AvgIpc) is 2.63. The van der Waals surface area contributed by atoms with E-state index in [0.717, 1.165) is 5.56 Å². The van der Waals surface area contributed by atoms with E-state index >= 15 is 0 Å². The second-order valence-corrected chi connectivity index (χ2v) is 5.65. The predicted octanol–water partition coefficient (Wildman–Crippen LogP) is 3.22. The SMILES string of the molecule is C=CCN(C)C(=O)NC(C)c1ccc(NC(=O)c2ccncc2)cc1. The van der Waals surface area contributed by atoms with E-state index < -0.39 is 0 Å². The zero-order chi connectivity index (χ0) is 18.2. The molecule has 0 fully saturated rings. The molecule has 1 aromatic heterocycles. The number of urea groups is 1. The maximum atomic E-state index is 12.1. The summed E-state index contributed by atoms with van der Waals surface area (Å²) in [5.41, 5.74) is 2.18. The maximum Gasteiger partial charge on any atom is 0.317 e. The van der Waals surface area contributed by atoms with Gasteiger partial charge in [0.05, 0.1) is 6.04 Å². The molecule has 2 aromatic rings. The van der Waals surface area contributed by atoms with Crippen LogP contribution >= 0.6 is 0 Å². The lowest BCUT2D eigenvalue weighted by molar-refractivity contribution is 0.102. The molecule has 2 N–H and O–H groups in total. The van der Waals surface area contributed by atoms with Gasteiger partial charge in [-0.15, -0.1) is 6.58 Å². The monoisotopic (exact) mass is 338 g/mol. The van der Waals surface area contributed by atoms with Gasteiger partial charge in [-0.1, -0.05) is 18.2 Å². The Morgan fingerprint density at radius 3 is 2.44 bits per heavy atom. The number of pyridine rings is 1. The molecule has 0 saturated carbocycles. The molecule has 0 radical (unpaired) electrons. The van der Waals surface area contributed by atoms with Crippen molar-refractivity contribution in [2.24, 2.45) is 0 Å². The first kappa shape index (κ1) is 18.2. The molecule has 6 nitrogen and oxygen atoms in total. The maximum absolute atomic E-state index is 12.1. The first-order valence-corrected chi connectivity index (χ1v) is 7.95.